The Bertz CT molecular complexity index is 81.0. The molecule has 0 aromatic heterocycles. The highest BCUT2D eigenvalue weighted by Gasteiger charge is 1.89. The summed E-state index contributed by atoms with van der Waals surface area (Å²) in [5.74, 6) is 2.28. The van der Waals surface area contributed by atoms with Crippen LogP contribution in [0, 0.1) is 0 Å². The van der Waals surface area contributed by atoms with Crippen molar-refractivity contribution in [1.29, 1.82) is 0 Å². The molecule has 1 N–H and O–H groups in total. The van der Waals surface area contributed by atoms with Crippen LogP contribution in [-0.2, 0) is 0 Å². The summed E-state index contributed by atoms with van der Waals surface area (Å²) in [4.78, 5) is 0. The highest BCUT2D eigenvalue weighted by molar-refractivity contribution is 7.99. The fourth-order valence-corrected chi connectivity index (χ4v) is 1.14. The van der Waals surface area contributed by atoms with Gasteiger partial charge < -0.3 is 5.32 Å². The first kappa shape index (κ1) is 9.05. The molecule has 2 heteroatoms. The van der Waals surface area contributed by atoms with Crippen LogP contribution in [0.2, 0.25) is 0 Å². The van der Waals surface area contributed by atoms with Gasteiger partial charge in [-0.05, 0) is 12.8 Å². The first-order chi connectivity index (χ1) is 4.31. The average Bonchev–Trinajstić information content (AvgIpc) is 1.85. The van der Waals surface area contributed by atoms with E-state index in [1.165, 1.54) is 11.3 Å². The monoisotopic (exact) mass is 145 g/mol. The lowest BCUT2D eigenvalue weighted by molar-refractivity contribution is 0.885. The van der Waals surface area contributed by atoms with E-state index in [-0.39, 0.29) is 0 Å². The van der Waals surface area contributed by atoms with Gasteiger partial charge in [-0.15, -0.1) is 0 Å². The standard InChI is InChI=1S/C7H15NS/c1-4-9-6-7(2)5-8-3/h8H,2,4-6H2,1,3H3. The number of rotatable bonds is 5. The first-order valence-corrected chi connectivity index (χ1v) is 4.35. The minimum atomic E-state index is 0.951. The maximum absolute atomic E-state index is 3.90. The van der Waals surface area contributed by atoms with Crippen LogP contribution >= 0.6 is 11.8 Å². The molecule has 54 valence electrons. The second kappa shape index (κ2) is 6.17. The fourth-order valence-electron chi connectivity index (χ4n) is 0.547. The van der Waals surface area contributed by atoms with Gasteiger partial charge in [0, 0.05) is 12.3 Å². The molecule has 0 aliphatic heterocycles. The van der Waals surface area contributed by atoms with Crippen LogP contribution < -0.4 is 5.32 Å². The van der Waals surface area contributed by atoms with E-state index in [4.69, 9.17) is 0 Å². The summed E-state index contributed by atoms with van der Waals surface area (Å²) in [6.07, 6.45) is 0. The van der Waals surface area contributed by atoms with Gasteiger partial charge >= 0.3 is 0 Å². The molecule has 1 nitrogen and oxygen atoms in total. The third kappa shape index (κ3) is 5.93. The van der Waals surface area contributed by atoms with E-state index >= 15 is 0 Å². The molecule has 0 heterocycles. The van der Waals surface area contributed by atoms with Crippen molar-refractivity contribution >= 4 is 11.8 Å². The van der Waals surface area contributed by atoms with Gasteiger partial charge in [0.15, 0.2) is 0 Å². The van der Waals surface area contributed by atoms with Crippen LogP contribution in [0.15, 0.2) is 12.2 Å². The molecular formula is C7H15NS. The number of likely N-dealkylation sites (N-methyl/N-ethyl adjacent to an activating group) is 1. The number of thioether (sulfide) groups is 1. The molecule has 0 aliphatic carbocycles. The van der Waals surface area contributed by atoms with Crippen LogP contribution in [-0.4, -0.2) is 25.1 Å². The predicted molar refractivity (Wildman–Crippen MR) is 46.1 cm³/mol. The van der Waals surface area contributed by atoms with Crippen molar-refractivity contribution in [2.24, 2.45) is 0 Å². The molecule has 0 fully saturated rings. The maximum atomic E-state index is 3.90. The average molecular weight is 145 g/mol. The molecule has 0 unspecified atom stereocenters. The third-order valence-electron chi connectivity index (χ3n) is 0.937. The third-order valence-corrected chi connectivity index (χ3v) is 1.96. The SMILES string of the molecule is C=C(CNC)CSCC. The van der Waals surface area contributed by atoms with E-state index < -0.39 is 0 Å². The number of hydrogen-bond donors (Lipinski definition) is 1. The zero-order valence-electron chi connectivity index (χ0n) is 6.24. The smallest absolute Gasteiger partial charge is 0.0167 e. The molecule has 0 aromatic carbocycles. The zero-order valence-corrected chi connectivity index (χ0v) is 7.05. The van der Waals surface area contributed by atoms with Crippen molar-refractivity contribution < 1.29 is 0 Å². The lowest BCUT2D eigenvalue weighted by Crippen LogP contribution is -2.10. The van der Waals surface area contributed by atoms with E-state index in [2.05, 4.69) is 18.8 Å². The normalized spacial score (nSPS) is 9.56. The van der Waals surface area contributed by atoms with Gasteiger partial charge in [0.05, 0.1) is 0 Å². The van der Waals surface area contributed by atoms with Crippen molar-refractivity contribution in [2.45, 2.75) is 6.92 Å². The van der Waals surface area contributed by atoms with Crippen molar-refractivity contribution in [3.05, 3.63) is 12.2 Å². The summed E-state index contributed by atoms with van der Waals surface area (Å²) >= 11 is 1.92. The number of nitrogens with one attached hydrogen (secondary N) is 1. The Kier molecular flexibility index (Phi) is 6.21. The van der Waals surface area contributed by atoms with Gasteiger partial charge in [-0.3, -0.25) is 0 Å². The van der Waals surface area contributed by atoms with E-state index in [1.54, 1.807) is 0 Å². The quantitative estimate of drug-likeness (QED) is 0.589. The molecule has 0 spiro atoms. The van der Waals surface area contributed by atoms with Gasteiger partial charge in [-0.1, -0.05) is 19.1 Å². The largest absolute Gasteiger partial charge is 0.316 e. The summed E-state index contributed by atoms with van der Waals surface area (Å²) in [6.45, 7) is 7.01. The van der Waals surface area contributed by atoms with Gasteiger partial charge in [0.2, 0.25) is 0 Å². The van der Waals surface area contributed by atoms with Gasteiger partial charge in [-0.2, -0.15) is 11.8 Å². The van der Waals surface area contributed by atoms with Crippen molar-refractivity contribution in [2.75, 3.05) is 25.1 Å². The second-order valence-electron chi connectivity index (χ2n) is 1.92. The first-order valence-electron chi connectivity index (χ1n) is 3.20. The molecule has 0 rings (SSSR count). The van der Waals surface area contributed by atoms with Crippen LogP contribution in [0.4, 0.5) is 0 Å². The van der Waals surface area contributed by atoms with Crippen molar-refractivity contribution in [1.82, 2.24) is 5.32 Å². The van der Waals surface area contributed by atoms with E-state index in [9.17, 15) is 0 Å². The second-order valence-corrected chi connectivity index (χ2v) is 3.19. The molecule has 9 heavy (non-hydrogen) atoms. The minimum Gasteiger partial charge on any atom is -0.316 e. The molecule has 0 bridgehead atoms. The lowest BCUT2D eigenvalue weighted by Gasteiger charge is -2.01. The minimum absolute atomic E-state index is 0.951. The van der Waals surface area contributed by atoms with Gasteiger partial charge in [0.25, 0.3) is 0 Å². The highest BCUT2D eigenvalue weighted by Crippen LogP contribution is 2.03. The van der Waals surface area contributed by atoms with Crippen LogP contribution in [0.3, 0.4) is 0 Å². The molecule has 0 amide bonds. The van der Waals surface area contributed by atoms with E-state index in [1.807, 2.05) is 18.8 Å². The summed E-state index contributed by atoms with van der Waals surface area (Å²) in [5.41, 5.74) is 1.28. The van der Waals surface area contributed by atoms with E-state index in [0.717, 1.165) is 12.3 Å². The summed E-state index contributed by atoms with van der Waals surface area (Å²) < 4.78 is 0. The Morgan fingerprint density at radius 1 is 1.67 bits per heavy atom. The van der Waals surface area contributed by atoms with Crippen LogP contribution in [0.1, 0.15) is 6.92 Å². The predicted octanol–water partition coefficient (Wildman–Crippen LogP) is 1.52. The molecule has 0 saturated heterocycles. The van der Waals surface area contributed by atoms with Gasteiger partial charge in [0.1, 0.15) is 0 Å². The van der Waals surface area contributed by atoms with Crippen molar-refractivity contribution in [3.8, 4) is 0 Å². The fraction of sp³-hybridized carbons (Fsp3) is 0.714. The Morgan fingerprint density at radius 2 is 2.33 bits per heavy atom. The molecule has 0 radical (unpaired) electrons. The Hall–Kier alpha value is 0.0500. The number of hydrogen-bond acceptors (Lipinski definition) is 2. The molecule has 0 atom stereocenters. The highest BCUT2D eigenvalue weighted by atomic mass is 32.2. The molecular weight excluding hydrogens is 130 g/mol. The van der Waals surface area contributed by atoms with Gasteiger partial charge in [-0.25, -0.2) is 0 Å². The summed E-state index contributed by atoms with van der Waals surface area (Å²) in [7, 11) is 1.95. The van der Waals surface area contributed by atoms with Crippen LogP contribution in [0.25, 0.3) is 0 Å². The maximum Gasteiger partial charge on any atom is 0.0167 e. The Balaban J connectivity index is 3.06. The molecule has 0 aromatic rings. The Morgan fingerprint density at radius 3 is 2.78 bits per heavy atom. The van der Waals surface area contributed by atoms with Crippen LogP contribution in [0.5, 0.6) is 0 Å². The zero-order chi connectivity index (χ0) is 7.11. The topological polar surface area (TPSA) is 12.0 Å². The lowest BCUT2D eigenvalue weighted by atomic mass is 10.3. The molecule has 0 saturated carbocycles. The van der Waals surface area contributed by atoms with Crippen molar-refractivity contribution in [3.63, 3.8) is 0 Å². The summed E-state index contributed by atoms with van der Waals surface area (Å²) in [6, 6.07) is 0. The van der Waals surface area contributed by atoms with E-state index in [0.29, 0.717) is 0 Å². The Labute approximate surface area is 61.9 Å². The molecule has 0 aliphatic rings. The summed E-state index contributed by atoms with van der Waals surface area (Å²) in [5, 5.41) is 3.06.